The monoisotopic (exact) mass is 255 g/mol. The number of hydrogen-bond acceptors (Lipinski definition) is 6. The molecule has 0 rings (SSSR count). The molecule has 0 aromatic rings. The summed E-state index contributed by atoms with van der Waals surface area (Å²) in [4.78, 5) is 7.25. The van der Waals surface area contributed by atoms with Crippen LogP contribution in [0.4, 0.5) is 0 Å². The van der Waals surface area contributed by atoms with E-state index < -0.39 is 0 Å². The largest absolute Gasteiger partial charge is 5.00 e. The average molecular weight is 255 g/mol. The van der Waals surface area contributed by atoms with Gasteiger partial charge in [0.25, 0.3) is 0 Å². The van der Waals surface area contributed by atoms with E-state index in [4.69, 9.17) is 69.7 Å². The smallest absolute Gasteiger partial charge is 0.577 e. The molecule has 0 aliphatic carbocycles. The molecular formula is C5FeKN6O. The van der Waals surface area contributed by atoms with Crippen LogP contribution in [0.15, 0.2) is 0 Å². The first-order valence-corrected chi connectivity index (χ1v) is 1.30. The Balaban J connectivity index is -0.00000000500. The molecular weight excluding hydrogens is 255 g/mol. The van der Waals surface area contributed by atoms with E-state index in [0.717, 1.165) is 0 Å². The molecule has 0 heterocycles. The van der Waals surface area contributed by atoms with Crippen molar-refractivity contribution >= 4 is 0 Å². The van der Waals surface area contributed by atoms with Crippen molar-refractivity contribution in [3.8, 4) is 0 Å². The van der Waals surface area contributed by atoms with Crippen LogP contribution in [0, 0.1) is 64.1 Å². The summed E-state index contributed by atoms with van der Waals surface area (Å²) in [6, 6.07) is 0. The molecule has 0 saturated carbocycles. The second-order valence-electron chi connectivity index (χ2n) is 0. The number of hydrogen-bond donors (Lipinski definition) is 0. The quantitative estimate of drug-likeness (QED) is 0.353. The van der Waals surface area contributed by atoms with Gasteiger partial charge in [-0.1, -0.05) is 0 Å². The van der Waals surface area contributed by atoms with Crippen LogP contribution in [-0.2, 0) is 17.1 Å². The third-order valence-corrected chi connectivity index (χ3v) is 0. The summed E-state index contributed by atoms with van der Waals surface area (Å²) in [5, 5.41) is 31.2. The zero-order valence-electron chi connectivity index (χ0n) is 6.95. The van der Waals surface area contributed by atoms with Gasteiger partial charge in [-0.3, -0.25) is 0 Å². The number of rotatable bonds is 0. The van der Waals surface area contributed by atoms with Crippen molar-refractivity contribution in [3.63, 3.8) is 0 Å². The van der Waals surface area contributed by atoms with Crippen molar-refractivity contribution in [1.82, 2.24) is 0 Å². The summed E-state index contributed by atoms with van der Waals surface area (Å²) in [7, 11) is 0. The first kappa shape index (κ1) is 72.6. The minimum atomic E-state index is 0. The zero-order chi connectivity index (χ0) is 12.0. The first-order chi connectivity index (χ1) is 6.00. The molecule has 0 aliphatic heterocycles. The molecule has 65 valence electrons. The summed E-state index contributed by atoms with van der Waals surface area (Å²) in [5.74, 6) is 0. The van der Waals surface area contributed by atoms with Gasteiger partial charge >= 0.3 is 68.5 Å². The molecule has 0 fully saturated rings. The summed E-state index contributed by atoms with van der Waals surface area (Å²) < 4.78 is 0. The van der Waals surface area contributed by atoms with Gasteiger partial charge in [-0.05, 0) is 0 Å². The molecule has 0 saturated heterocycles. The Hall–Kier alpha value is -0.794. The van der Waals surface area contributed by atoms with Gasteiger partial charge in [0, 0.05) is 0 Å². The standard InChI is InChI=1S/5CN.Fe.K.NO/c5*1-2;;;1-2/q5*-1;+5;+1;-1. The fraction of sp³-hybridized carbons (Fsp3) is 0. The van der Waals surface area contributed by atoms with E-state index in [9.17, 15) is 0 Å². The molecule has 0 spiro atoms. The van der Waals surface area contributed by atoms with Crippen LogP contribution in [0.5, 0.6) is 0 Å². The zero-order valence-corrected chi connectivity index (χ0v) is 11.2. The minimum absolute atomic E-state index is 0. The van der Waals surface area contributed by atoms with E-state index in [0.29, 0.717) is 0 Å². The van der Waals surface area contributed by atoms with E-state index in [1.807, 2.05) is 0 Å². The van der Waals surface area contributed by atoms with Gasteiger partial charge in [-0.15, -0.1) is 0 Å². The van der Waals surface area contributed by atoms with Gasteiger partial charge in [-0.25, -0.2) is 0 Å². The minimum Gasteiger partial charge on any atom is -0.577 e. The van der Waals surface area contributed by atoms with E-state index in [2.05, 4.69) is 0 Å². The van der Waals surface area contributed by atoms with Crippen LogP contribution in [0.3, 0.4) is 0 Å². The van der Waals surface area contributed by atoms with Gasteiger partial charge in [0.05, 0.1) is 0 Å². The summed E-state index contributed by atoms with van der Waals surface area (Å²) in [6.07, 6.45) is 0. The molecule has 9 heteroatoms. The second kappa shape index (κ2) is 2430. The van der Waals surface area contributed by atoms with Crippen molar-refractivity contribution in [2.24, 2.45) is 0 Å². The topological polar surface area (TPSA) is 158 Å². The SMILES string of the molecule is [C-]#N.[C-]#N.[C-]#N.[C-]#N.[C-]#N.[Fe+5].[K+].[N-]=O. The van der Waals surface area contributed by atoms with E-state index >= 15 is 0 Å². The van der Waals surface area contributed by atoms with Gasteiger partial charge in [-0.2, -0.15) is 0 Å². The van der Waals surface area contributed by atoms with Crippen molar-refractivity contribution in [2.75, 3.05) is 0 Å². The fourth-order valence-electron chi connectivity index (χ4n) is 0. The maximum absolute atomic E-state index is 7.25. The van der Waals surface area contributed by atoms with Crippen molar-refractivity contribution in [1.29, 1.82) is 26.3 Å². The molecule has 0 N–H and O–H groups in total. The average Bonchev–Trinajstić information content (AvgIpc) is 2.33. The molecule has 1 radical (unpaired) electrons. The van der Waals surface area contributed by atoms with Crippen molar-refractivity contribution in [2.45, 2.75) is 0 Å². The normalized spacial score (nSPS) is 1.00. The maximum Gasteiger partial charge on any atom is 5.00 e. The van der Waals surface area contributed by atoms with Crippen molar-refractivity contribution < 1.29 is 68.5 Å². The van der Waals surface area contributed by atoms with Gasteiger partial charge in [0.15, 0.2) is 0 Å². The molecule has 0 bridgehead atoms. The van der Waals surface area contributed by atoms with Crippen LogP contribution < -0.4 is 51.4 Å². The molecule has 0 atom stereocenters. The molecule has 0 aromatic carbocycles. The number of nitrogens with zero attached hydrogens (tertiary/aromatic N) is 6. The Bertz CT molecular complexity index is 95.6. The molecule has 0 aliphatic rings. The summed E-state index contributed by atoms with van der Waals surface area (Å²) in [6.45, 7) is 23.8. The predicted molar refractivity (Wildman–Crippen MR) is 31.6 cm³/mol. The summed E-state index contributed by atoms with van der Waals surface area (Å²) >= 11 is 0. The molecule has 14 heavy (non-hydrogen) atoms. The molecule has 0 aromatic heterocycles. The Morgan fingerprint density at radius 2 is 0.571 bits per heavy atom. The van der Waals surface area contributed by atoms with Crippen LogP contribution >= 0.6 is 0 Å². The van der Waals surface area contributed by atoms with Crippen LogP contribution in [-0.4, -0.2) is 0 Å². The van der Waals surface area contributed by atoms with Crippen LogP contribution in [0.1, 0.15) is 0 Å². The van der Waals surface area contributed by atoms with Crippen LogP contribution in [0.2, 0.25) is 0 Å². The van der Waals surface area contributed by atoms with Crippen LogP contribution in [0.25, 0.3) is 5.59 Å². The molecule has 7 nitrogen and oxygen atoms in total. The second-order valence-corrected chi connectivity index (χ2v) is 0. The summed E-state index contributed by atoms with van der Waals surface area (Å²) in [5.41, 5.74) is 5.75. The molecule has 0 amide bonds. The van der Waals surface area contributed by atoms with E-state index in [-0.39, 0.29) is 68.5 Å². The maximum atomic E-state index is 7.25. The Kier molecular flexibility index (Phi) is 12600. The third kappa shape index (κ3) is 1850. The van der Waals surface area contributed by atoms with E-state index in [1.54, 1.807) is 0 Å². The Morgan fingerprint density at radius 1 is 0.571 bits per heavy atom. The van der Waals surface area contributed by atoms with Gasteiger partial charge < -0.3 is 69.7 Å². The van der Waals surface area contributed by atoms with E-state index in [1.165, 1.54) is 0 Å². The number of nitroso groups, excluding NO2 is 1. The molecule has 0 unspecified atom stereocenters. The van der Waals surface area contributed by atoms with Crippen molar-refractivity contribution in [3.05, 3.63) is 43.4 Å². The third-order valence-electron chi connectivity index (χ3n) is 0. The first-order valence-electron chi connectivity index (χ1n) is 1.30. The Labute approximate surface area is 136 Å². The Morgan fingerprint density at radius 3 is 0.571 bits per heavy atom. The van der Waals surface area contributed by atoms with Gasteiger partial charge in [0.1, 0.15) is 0 Å². The fourth-order valence-corrected chi connectivity index (χ4v) is 0. The van der Waals surface area contributed by atoms with Gasteiger partial charge in [0.2, 0.25) is 0 Å². The predicted octanol–water partition coefficient (Wildman–Crippen LogP) is -2.19.